The fourth-order valence-corrected chi connectivity index (χ4v) is 3.95. The zero-order valence-electron chi connectivity index (χ0n) is 17.8. The maximum absolute atomic E-state index is 12.2. The highest BCUT2D eigenvalue weighted by atomic mass is 19.4. The third-order valence-electron chi connectivity index (χ3n) is 5.89. The number of hydrogen-bond acceptors (Lipinski definition) is 7. The van der Waals surface area contributed by atoms with Crippen molar-refractivity contribution in [3.05, 3.63) is 17.8 Å². The summed E-state index contributed by atoms with van der Waals surface area (Å²) in [4.78, 5) is 25.9. The fraction of sp³-hybridized carbons (Fsp3) is 0.700. The quantitative estimate of drug-likeness (QED) is 0.602. The highest BCUT2D eigenvalue weighted by Crippen LogP contribution is 2.18. The van der Waals surface area contributed by atoms with Crippen molar-refractivity contribution in [2.45, 2.75) is 37.9 Å². The zero-order valence-corrected chi connectivity index (χ0v) is 17.8. The van der Waals surface area contributed by atoms with Crippen molar-refractivity contribution >= 4 is 17.7 Å². The van der Waals surface area contributed by atoms with Crippen LogP contribution in [0.1, 0.15) is 36.2 Å². The highest BCUT2D eigenvalue weighted by Gasteiger charge is 2.38. The third kappa shape index (κ3) is 7.02. The number of aliphatic carboxylic acids is 1. The lowest BCUT2D eigenvalue weighted by molar-refractivity contribution is -0.192. The van der Waals surface area contributed by atoms with Gasteiger partial charge in [0.25, 0.3) is 5.91 Å². The Bertz CT molecular complexity index is 759. The molecule has 0 unspecified atom stereocenters. The number of alkyl halides is 3. The van der Waals surface area contributed by atoms with Gasteiger partial charge in [-0.25, -0.2) is 4.79 Å². The number of carboxylic acids is 1. The Morgan fingerprint density at radius 1 is 1.09 bits per heavy atom. The lowest BCUT2D eigenvalue weighted by atomic mass is 10.0. The molecule has 9 nitrogen and oxygen atoms in total. The SMILES string of the molecule is O=C(NC1CCCC1)c1ccc(N2CCN(CC3CNC3)CC2)nn1.O=C(O)C(F)(F)F. The molecule has 2 saturated heterocycles. The molecule has 1 saturated carbocycles. The molecular weight excluding hydrogens is 429 g/mol. The van der Waals surface area contributed by atoms with Crippen molar-refractivity contribution in [3.63, 3.8) is 0 Å². The Labute approximate surface area is 184 Å². The van der Waals surface area contributed by atoms with Crippen LogP contribution in [0.2, 0.25) is 0 Å². The fourth-order valence-electron chi connectivity index (χ4n) is 3.95. The molecule has 0 radical (unpaired) electrons. The number of carbonyl (C=O) groups excluding carboxylic acids is 1. The minimum atomic E-state index is -5.08. The Kier molecular flexibility index (Phi) is 8.24. The van der Waals surface area contributed by atoms with E-state index in [4.69, 9.17) is 9.90 Å². The summed E-state index contributed by atoms with van der Waals surface area (Å²) in [5.74, 6) is -1.15. The van der Waals surface area contributed by atoms with E-state index in [0.29, 0.717) is 11.7 Å². The van der Waals surface area contributed by atoms with Gasteiger partial charge in [0.2, 0.25) is 0 Å². The molecule has 3 aliphatic rings. The number of hydrogen-bond donors (Lipinski definition) is 3. The van der Waals surface area contributed by atoms with Crippen molar-refractivity contribution in [2.75, 3.05) is 50.7 Å². The van der Waals surface area contributed by atoms with Crippen molar-refractivity contribution < 1.29 is 27.9 Å². The van der Waals surface area contributed by atoms with Crippen LogP contribution in [-0.2, 0) is 4.79 Å². The molecule has 1 amide bonds. The number of nitrogens with one attached hydrogen (secondary N) is 2. The van der Waals surface area contributed by atoms with Crippen LogP contribution in [0.5, 0.6) is 0 Å². The van der Waals surface area contributed by atoms with E-state index in [0.717, 1.165) is 63.8 Å². The summed E-state index contributed by atoms with van der Waals surface area (Å²) in [6, 6.07) is 4.05. The smallest absolute Gasteiger partial charge is 0.475 e. The average Bonchev–Trinajstić information content (AvgIpc) is 3.24. The number of carbonyl (C=O) groups is 2. The van der Waals surface area contributed by atoms with Gasteiger partial charge in [0.15, 0.2) is 11.5 Å². The largest absolute Gasteiger partial charge is 0.490 e. The van der Waals surface area contributed by atoms with Crippen LogP contribution in [0.15, 0.2) is 12.1 Å². The number of nitrogens with zero attached hydrogens (tertiary/aromatic N) is 4. The van der Waals surface area contributed by atoms with Gasteiger partial charge in [-0.2, -0.15) is 13.2 Å². The predicted octanol–water partition coefficient (Wildman–Crippen LogP) is 1.12. The van der Waals surface area contributed by atoms with Crippen LogP contribution in [0.25, 0.3) is 0 Å². The number of rotatable bonds is 5. The molecular formula is C20H29F3N6O3. The summed E-state index contributed by atoms with van der Waals surface area (Å²) in [5.41, 5.74) is 0.423. The van der Waals surface area contributed by atoms with Crippen LogP contribution >= 0.6 is 0 Å². The van der Waals surface area contributed by atoms with Crippen LogP contribution < -0.4 is 15.5 Å². The second-order valence-corrected chi connectivity index (χ2v) is 8.35. The normalized spacial score (nSPS) is 20.3. The van der Waals surface area contributed by atoms with Gasteiger partial charge >= 0.3 is 12.1 Å². The summed E-state index contributed by atoms with van der Waals surface area (Å²) in [5, 5.41) is 22.0. The van der Waals surface area contributed by atoms with Gasteiger partial charge in [0.1, 0.15) is 0 Å². The van der Waals surface area contributed by atoms with Crippen molar-refractivity contribution in [1.82, 2.24) is 25.7 Å². The minimum Gasteiger partial charge on any atom is -0.475 e. The highest BCUT2D eigenvalue weighted by molar-refractivity contribution is 5.92. The monoisotopic (exact) mass is 458 g/mol. The molecule has 3 fully saturated rings. The summed E-state index contributed by atoms with van der Waals surface area (Å²) in [7, 11) is 0. The van der Waals surface area contributed by atoms with E-state index < -0.39 is 12.1 Å². The molecule has 3 N–H and O–H groups in total. The third-order valence-corrected chi connectivity index (χ3v) is 5.89. The molecule has 4 rings (SSSR count). The Morgan fingerprint density at radius 2 is 1.72 bits per heavy atom. The van der Waals surface area contributed by atoms with Gasteiger partial charge in [-0.15, -0.1) is 10.2 Å². The molecule has 178 valence electrons. The summed E-state index contributed by atoms with van der Waals surface area (Å²) in [6.07, 6.45) is -0.505. The molecule has 32 heavy (non-hydrogen) atoms. The molecule has 1 aromatic rings. The number of piperazine rings is 1. The summed E-state index contributed by atoms with van der Waals surface area (Å²) >= 11 is 0. The standard InChI is InChI=1S/C18H28N6O.C2HF3O2/c25-18(20-15-3-1-2-4-15)16-5-6-17(22-21-16)24-9-7-23(8-10-24)13-14-11-19-12-14;3-2(4,5)1(6)7/h5-6,14-15,19H,1-4,7-13H2,(H,20,25);(H,6,7). The zero-order chi connectivity index (χ0) is 23.1. The topological polar surface area (TPSA) is 111 Å². The van der Waals surface area contributed by atoms with Crippen LogP contribution in [0, 0.1) is 5.92 Å². The number of carboxylic acid groups (broad SMARTS) is 1. The first-order valence-electron chi connectivity index (χ1n) is 10.8. The van der Waals surface area contributed by atoms with Crippen molar-refractivity contribution in [2.24, 2.45) is 5.92 Å². The number of aromatic nitrogens is 2. The van der Waals surface area contributed by atoms with Crippen molar-refractivity contribution in [3.8, 4) is 0 Å². The predicted molar refractivity (Wildman–Crippen MR) is 110 cm³/mol. The molecule has 1 aliphatic carbocycles. The van der Waals surface area contributed by atoms with Gasteiger partial charge in [0, 0.05) is 51.9 Å². The number of anilines is 1. The first-order valence-corrected chi connectivity index (χ1v) is 10.8. The number of amides is 1. The first-order chi connectivity index (χ1) is 15.2. The molecule has 0 atom stereocenters. The van der Waals surface area contributed by atoms with Gasteiger partial charge in [-0.3, -0.25) is 9.69 Å². The molecule has 12 heteroatoms. The Morgan fingerprint density at radius 3 is 2.19 bits per heavy atom. The molecule has 2 aliphatic heterocycles. The first kappa shape index (κ1) is 24.2. The Balaban J connectivity index is 0.000000360. The van der Waals surface area contributed by atoms with Gasteiger partial charge in [0.05, 0.1) is 0 Å². The maximum Gasteiger partial charge on any atom is 0.490 e. The van der Waals surface area contributed by atoms with Crippen molar-refractivity contribution in [1.29, 1.82) is 0 Å². The molecule has 0 aromatic carbocycles. The molecule has 0 bridgehead atoms. The minimum absolute atomic E-state index is 0.0927. The van der Waals surface area contributed by atoms with E-state index in [1.54, 1.807) is 6.07 Å². The van der Waals surface area contributed by atoms with Gasteiger partial charge < -0.3 is 20.6 Å². The van der Waals surface area contributed by atoms with E-state index in [1.807, 2.05) is 6.07 Å². The van der Waals surface area contributed by atoms with E-state index >= 15 is 0 Å². The van der Waals surface area contributed by atoms with Crippen LogP contribution in [0.4, 0.5) is 19.0 Å². The van der Waals surface area contributed by atoms with E-state index in [-0.39, 0.29) is 5.91 Å². The van der Waals surface area contributed by atoms with Gasteiger partial charge in [-0.1, -0.05) is 12.8 Å². The molecule has 0 spiro atoms. The summed E-state index contributed by atoms with van der Waals surface area (Å²) in [6.45, 7) is 7.62. The van der Waals surface area contributed by atoms with E-state index in [9.17, 15) is 18.0 Å². The van der Waals surface area contributed by atoms with E-state index in [1.165, 1.54) is 19.4 Å². The van der Waals surface area contributed by atoms with Crippen LogP contribution in [-0.4, -0.2) is 90.1 Å². The second kappa shape index (κ2) is 10.9. The Hall–Kier alpha value is -2.47. The van der Waals surface area contributed by atoms with Gasteiger partial charge in [-0.05, 0) is 30.9 Å². The molecule has 1 aromatic heterocycles. The lowest BCUT2D eigenvalue weighted by Gasteiger charge is -2.39. The average molecular weight is 458 g/mol. The van der Waals surface area contributed by atoms with E-state index in [2.05, 4.69) is 30.6 Å². The maximum atomic E-state index is 12.2. The number of halogens is 3. The van der Waals surface area contributed by atoms with Crippen LogP contribution in [0.3, 0.4) is 0 Å². The second-order valence-electron chi connectivity index (χ2n) is 8.35. The molecule has 3 heterocycles. The lowest BCUT2D eigenvalue weighted by Crippen LogP contribution is -2.53. The summed E-state index contributed by atoms with van der Waals surface area (Å²) < 4.78 is 31.7.